The lowest BCUT2D eigenvalue weighted by Gasteiger charge is -2.35. The number of hydrogen-bond acceptors (Lipinski definition) is 3. The second-order valence-electron chi connectivity index (χ2n) is 17.1. The highest BCUT2D eigenvalue weighted by Gasteiger charge is 2.48. The fourth-order valence-electron chi connectivity index (χ4n) is 10.4. The molecule has 1 aromatic heterocycles. The van der Waals surface area contributed by atoms with Gasteiger partial charge in [-0.2, -0.15) is 0 Å². The maximum absolute atomic E-state index is 10.4. The van der Waals surface area contributed by atoms with Crippen LogP contribution in [-0.4, -0.2) is 0 Å². The van der Waals surface area contributed by atoms with Crippen LogP contribution in [0.5, 0.6) is 0 Å². The average molecular weight is 876 g/mol. The van der Waals surface area contributed by atoms with E-state index in [1.165, 1.54) is 0 Å². The third-order valence-electron chi connectivity index (χ3n) is 13.3. The molecule has 0 saturated carbocycles. The predicted molar refractivity (Wildman–Crippen MR) is 283 cm³/mol. The van der Waals surface area contributed by atoms with Crippen molar-refractivity contribution in [1.82, 2.24) is 0 Å². The third kappa shape index (κ3) is 6.28. The Balaban J connectivity index is 1.20. The summed E-state index contributed by atoms with van der Waals surface area (Å²) >= 11 is 0. The Hall–Kier alpha value is -8.92. The summed E-state index contributed by atoms with van der Waals surface area (Å²) in [4.78, 5) is 4.46. The minimum atomic E-state index is -1.58. The number of furan rings is 1. The Bertz CT molecular complexity index is 4190. The van der Waals surface area contributed by atoms with Crippen LogP contribution in [0.25, 0.3) is 55.0 Å². The van der Waals surface area contributed by atoms with Crippen molar-refractivity contribution in [3.63, 3.8) is 0 Å². The van der Waals surface area contributed by atoms with E-state index < -0.39 is 35.6 Å². The van der Waals surface area contributed by atoms with Crippen LogP contribution in [0.2, 0.25) is 0 Å². The highest BCUT2D eigenvalue weighted by molar-refractivity contribution is 6.08. The van der Waals surface area contributed by atoms with E-state index in [4.69, 9.17) is 8.53 Å². The highest BCUT2D eigenvalue weighted by Crippen LogP contribution is 2.60. The molecule has 12 aromatic rings. The summed E-state index contributed by atoms with van der Waals surface area (Å²) in [6.45, 7) is 0. The molecular formula is C65H44N2O. The molecule has 3 heteroatoms. The monoisotopic (exact) mass is 875 g/mol. The maximum atomic E-state index is 10.4. The molecule has 0 spiro atoms. The van der Waals surface area contributed by atoms with Crippen LogP contribution in [-0.2, 0) is 5.41 Å². The largest absolute Gasteiger partial charge is 0.456 e. The molecule has 1 heterocycles. The molecule has 3 nitrogen and oxygen atoms in total. The van der Waals surface area contributed by atoms with E-state index in [9.17, 15) is 5.48 Å². The summed E-state index contributed by atoms with van der Waals surface area (Å²) in [5.41, 5.74) is 10.9. The summed E-state index contributed by atoms with van der Waals surface area (Å²) < 4.78 is 73.2. The van der Waals surface area contributed by atoms with Crippen molar-refractivity contribution in [2.75, 3.05) is 9.80 Å². The molecular weight excluding hydrogens is 825 g/mol. The van der Waals surface area contributed by atoms with Crippen LogP contribution in [0, 0.1) is 0 Å². The molecule has 0 N–H and O–H groups in total. The molecule has 1 aliphatic carbocycles. The van der Waals surface area contributed by atoms with Crippen LogP contribution in [0.15, 0.2) is 271 Å². The minimum absolute atomic E-state index is 0.107. The molecule has 0 saturated heterocycles. The predicted octanol–water partition coefficient (Wildman–Crippen LogP) is 17.7. The summed E-state index contributed by atoms with van der Waals surface area (Å²) in [7, 11) is 0. The lowest BCUT2D eigenvalue weighted by atomic mass is 9.67. The van der Waals surface area contributed by atoms with Gasteiger partial charge in [0.05, 0.1) is 20.7 Å². The molecule has 68 heavy (non-hydrogen) atoms. The van der Waals surface area contributed by atoms with Crippen molar-refractivity contribution < 1.29 is 14.0 Å². The molecule has 0 aliphatic heterocycles. The Morgan fingerprint density at radius 3 is 1.60 bits per heavy atom. The SMILES string of the molecule is [2H]c1c([2H])c([2H])c2c([2H])c(C3(c4cccc5c4oc4ccccc45)c4ccc(N(c5ccccc5)c5ccccc5)cc4-c4cc(N(c5ccccc5)c5ccccc5-c5ccccc5)ccc43)c([2H])c([2H])c2c1[2H]. The van der Waals surface area contributed by atoms with Crippen LogP contribution in [0.4, 0.5) is 34.1 Å². The van der Waals surface area contributed by atoms with E-state index in [1.807, 2.05) is 121 Å². The van der Waals surface area contributed by atoms with Crippen LogP contribution >= 0.6 is 0 Å². The second kappa shape index (κ2) is 16.2. The van der Waals surface area contributed by atoms with Crippen molar-refractivity contribution in [2.45, 2.75) is 5.41 Å². The lowest BCUT2D eigenvalue weighted by molar-refractivity contribution is 0.648. The Kier molecular flexibility index (Phi) is 7.79. The van der Waals surface area contributed by atoms with E-state index in [1.54, 1.807) is 0 Å². The molecule has 0 bridgehead atoms. The summed E-state index contributed by atoms with van der Waals surface area (Å²) in [5, 5.41) is 1.42. The molecule has 1 aliphatic rings. The molecule has 1 atom stereocenters. The zero-order valence-corrected chi connectivity index (χ0v) is 36.7. The highest BCUT2D eigenvalue weighted by atomic mass is 16.3. The fraction of sp³-hybridized carbons (Fsp3) is 0.0154. The number of benzene rings is 11. The summed E-state index contributed by atoms with van der Waals surface area (Å²) in [6.07, 6.45) is 0. The van der Waals surface area contributed by atoms with Crippen molar-refractivity contribution >= 4 is 66.8 Å². The molecule has 1 unspecified atom stereocenters. The zero-order valence-electron chi connectivity index (χ0n) is 43.7. The molecule has 0 fully saturated rings. The van der Waals surface area contributed by atoms with E-state index >= 15 is 0 Å². The van der Waals surface area contributed by atoms with Gasteiger partial charge >= 0.3 is 0 Å². The van der Waals surface area contributed by atoms with E-state index in [2.05, 4.69) is 113 Å². The Morgan fingerprint density at radius 2 is 0.926 bits per heavy atom. The van der Waals surface area contributed by atoms with Crippen molar-refractivity contribution in [2.24, 2.45) is 0 Å². The van der Waals surface area contributed by atoms with Crippen LogP contribution in [0.1, 0.15) is 31.8 Å². The number of fused-ring (bicyclic) bond motifs is 7. The number of hydrogen-bond donors (Lipinski definition) is 0. The quantitative estimate of drug-likeness (QED) is 0.144. The van der Waals surface area contributed by atoms with Crippen LogP contribution < -0.4 is 9.80 Å². The molecule has 11 aromatic carbocycles. The number of rotatable bonds is 9. The van der Waals surface area contributed by atoms with Gasteiger partial charge in [-0.25, -0.2) is 0 Å². The van der Waals surface area contributed by atoms with Crippen molar-refractivity contribution in [3.05, 3.63) is 289 Å². The number of para-hydroxylation sites is 6. The van der Waals surface area contributed by atoms with Gasteiger partial charge in [-0.05, 0) is 123 Å². The summed E-state index contributed by atoms with van der Waals surface area (Å²) in [6, 6.07) is 72.8. The minimum Gasteiger partial charge on any atom is -0.456 e. The van der Waals surface area contributed by atoms with Gasteiger partial charge < -0.3 is 14.2 Å². The van der Waals surface area contributed by atoms with E-state index in [-0.39, 0.29) is 28.4 Å². The van der Waals surface area contributed by atoms with Gasteiger partial charge in [-0.3, -0.25) is 0 Å². The van der Waals surface area contributed by atoms with Crippen LogP contribution in [0.3, 0.4) is 0 Å². The first-order chi connectivity index (χ1) is 36.7. The van der Waals surface area contributed by atoms with Crippen molar-refractivity contribution in [3.8, 4) is 22.3 Å². The van der Waals surface area contributed by atoms with Gasteiger partial charge in [-0.15, -0.1) is 0 Å². The normalized spacial score (nSPS) is 15.4. The standard InChI is InChI=1S/C65H44N2O/c1-5-21-46(22-6-1)54-30-15-17-34-62(54)67(51-28-11-4-12-29-51)53-39-41-60-58(44-53)57-43-52(66(49-24-7-2-8-25-49)50-26-9-3-10-27-50)38-40-59(57)65(60,48-37-36-45-20-13-14-23-47(45)42-48)61-33-19-32-56-55-31-16-18-35-63(55)68-64(56)61/h1-44H/i13D,14D,20D,23D,36D,37D,42D. The van der Waals surface area contributed by atoms with E-state index in [0.29, 0.717) is 27.9 Å². The smallest absolute Gasteiger partial charge is 0.140 e. The first-order valence-corrected chi connectivity index (χ1v) is 22.8. The van der Waals surface area contributed by atoms with Gasteiger partial charge in [0.15, 0.2) is 0 Å². The zero-order chi connectivity index (χ0) is 51.1. The third-order valence-corrected chi connectivity index (χ3v) is 13.3. The van der Waals surface area contributed by atoms with Gasteiger partial charge in [0, 0.05) is 50.3 Å². The first kappa shape index (κ1) is 32.7. The number of anilines is 6. The van der Waals surface area contributed by atoms with Gasteiger partial charge in [0.25, 0.3) is 0 Å². The summed E-state index contributed by atoms with van der Waals surface area (Å²) in [5.74, 6) is 0. The fourth-order valence-corrected chi connectivity index (χ4v) is 10.4. The number of nitrogens with zero attached hydrogens (tertiary/aromatic N) is 2. The molecule has 13 rings (SSSR count). The topological polar surface area (TPSA) is 19.6 Å². The molecule has 0 amide bonds. The van der Waals surface area contributed by atoms with Crippen molar-refractivity contribution in [1.29, 1.82) is 0 Å². The van der Waals surface area contributed by atoms with Gasteiger partial charge in [0.1, 0.15) is 11.2 Å². The lowest BCUT2D eigenvalue weighted by Crippen LogP contribution is -2.29. The maximum Gasteiger partial charge on any atom is 0.140 e. The van der Waals surface area contributed by atoms with Gasteiger partial charge in [0.2, 0.25) is 0 Å². The van der Waals surface area contributed by atoms with Gasteiger partial charge in [-0.1, -0.05) is 188 Å². The average Bonchev–Trinajstić information content (AvgIpc) is 4.02. The molecule has 320 valence electrons. The Labute approximate surface area is 405 Å². The second-order valence-corrected chi connectivity index (χ2v) is 17.1. The molecule has 0 radical (unpaired) electrons. The first-order valence-electron chi connectivity index (χ1n) is 26.3. The Morgan fingerprint density at radius 1 is 0.382 bits per heavy atom. The van der Waals surface area contributed by atoms with E-state index in [0.717, 1.165) is 67.2 Å².